The quantitative estimate of drug-likeness (QED) is 0.894. The largest absolute Gasteiger partial charge is 0.389 e. The van der Waals surface area contributed by atoms with Crippen LogP contribution in [0.2, 0.25) is 0 Å². The Bertz CT molecular complexity index is 399. The van der Waals surface area contributed by atoms with E-state index in [1.165, 1.54) is 0 Å². The summed E-state index contributed by atoms with van der Waals surface area (Å²) in [6, 6.07) is 2.43. The predicted molar refractivity (Wildman–Crippen MR) is 73.4 cm³/mol. The van der Waals surface area contributed by atoms with Gasteiger partial charge in [0.25, 0.3) is 0 Å². The molecule has 3 nitrogen and oxygen atoms in total. The molecule has 1 aromatic heterocycles. The summed E-state index contributed by atoms with van der Waals surface area (Å²) < 4.78 is 1.97. The first kappa shape index (κ1) is 13.6. The Balaban J connectivity index is 2.03. The SMILES string of the molecule is CC1CCC(O)(Cc2ccn(C(C)C)n2)CC1C. The second kappa shape index (κ2) is 5.04. The lowest BCUT2D eigenvalue weighted by Gasteiger charge is -2.38. The normalized spacial score (nSPS) is 33.0. The minimum Gasteiger partial charge on any atom is -0.389 e. The van der Waals surface area contributed by atoms with Crippen molar-refractivity contribution in [3.8, 4) is 0 Å². The third-order valence-electron chi connectivity index (χ3n) is 4.44. The van der Waals surface area contributed by atoms with Gasteiger partial charge < -0.3 is 5.11 Å². The number of nitrogens with zero attached hydrogens (tertiary/aromatic N) is 2. The molecule has 0 amide bonds. The van der Waals surface area contributed by atoms with Crippen LogP contribution in [0.5, 0.6) is 0 Å². The van der Waals surface area contributed by atoms with Crippen molar-refractivity contribution in [2.24, 2.45) is 11.8 Å². The topological polar surface area (TPSA) is 38.0 Å². The zero-order valence-corrected chi connectivity index (χ0v) is 12.1. The molecule has 3 atom stereocenters. The lowest BCUT2D eigenvalue weighted by molar-refractivity contribution is -0.0287. The first-order valence-corrected chi connectivity index (χ1v) is 7.16. The minimum absolute atomic E-state index is 0.388. The molecule has 3 unspecified atom stereocenters. The molecular formula is C15H26N2O. The van der Waals surface area contributed by atoms with Gasteiger partial charge in [-0.1, -0.05) is 13.8 Å². The maximum atomic E-state index is 10.7. The van der Waals surface area contributed by atoms with Crippen molar-refractivity contribution in [1.82, 2.24) is 9.78 Å². The third kappa shape index (κ3) is 2.94. The first-order chi connectivity index (χ1) is 8.39. The van der Waals surface area contributed by atoms with Crippen LogP contribution in [0, 0.1) is 11.8 Å². The van der Waals surface area contributed by atoms with Crippen molar-refractivity contribution in [3.05, 3.63) is 18.0 Å². The summed E-state index contributed by atoms with van der Waals surface area (Å²) in [6.07, 6.45) is 5.65. The van der Waals surface area contributed by atoms with Gasteiger partial charge in [-0.3, -0.25) is 4.68 Å². The molecule has 102 valence electrons. The number of aromatic nitrogens is 2. The molecule has 0 aromatic carbocycles. The number of aliphatic hydroxyl groups is 1. The van der Waals surface area contributed by atoms with Gasteiger partial charge in [0, 0.05) is 18.7 Å². The van der Waals surface area contributed by atoms with Crippen LogP contribution in [0.3, 0.4) is 0 Å². The van der Waals surface area contributed by atoms with E-state index in [1.54, 1.807) is 0 Å². The summed E-state index contributed by atoms with van der Waals surface area (Å²) in [5, 5.41) is 15.3. The van der Waals surface area contributed by atoms with Crippen LogP contribution in [0.25, 0.3) is 0 Å². The Morgan fingerprint density at radius 3 is 2.72 bits per heavy atom. The van der Waals surface area contributed by atoms with E-state index in [0.717, 1.165) is 30.9 Å². The fourth-order valence-electron chi connectivity index (χ4n) is 2.94. The van der Waals surface area contributed by atoms with Crippen LogP contribution in [-0.4, -0.2) is 20.5 Å². The van der Waals surface area contributed by atoms with Crippen LogP contribution < -0.4 is 0 Å². The summed E-state index contributed by atoms with van der Waals surface area (Å²) in [5.74, 6) is 1.34. The minimum atomic E-state index is -0.540. The highest BCUT2D eigenvalue weighted by molar-refractivity contribution is 5.06. The van der Waals surface area contributed by atoms with E-state index in [9.17, 15) is 5.11 Å². The van der Waals surface area contributed by atoms with Gasteiger partial charge in [0.1, 0.15) is 0 Å². The molecule has 1 fully saturated rings. The van der Waals surface area contributed by atoms with Crippen molar-refractivity contribution < 1.29 is 5.11 Å². The molecule has 0 saturated heterocycles. The predicted octanol–water partition coefficient (Wildman–Crippen LogP) is 3.19. The monoisotopic (exact) mass is 250 g/mol. The lowest BCUT2D eigenvalue weighted by Crippen LogP contribution is -2.39. The van der Waals surface area contributed by atoms with Gasteiger partial charge in [-0.2, -0.15) is 5.10 Å². The Morgan fingerprint density at radius 2 is 2.17 bits per heavy atom. The van der Waals surface area contributed by atoms with Crippen LogP contribution in [-0.2, 0) is 6.42 Å². The highest BCUT2D eigenvalue weighted by Crippen LogP contribution is 2.37. The Labute approximate surface area is 110 Å². The zero-order chi connectivity index (χ0) is 13.3. The van der Waals surface area contributed by atoms with Crippen LogP contribution >= 0.6 is 0 Å². The number of hydrogen-bond acceptors (Lipinski definition) is 2. The van der Waals surface area contributed by atoms with E-state index < -0.39 is 5.60 Å². The van der Waals surface area contributed by atoms with Gasteiger partial charge in [0.05, 0.1) is 11.3 Å². The van der Waals surface area contributed by atoms with Gasteiger partial charge in [0.15, 0.2) is 0 Å². The van der Waals surface area contributed by atoms with E-state index in [1.807, 2.05) is 16.9 Å². The van der Waals surface area contributed by atoms with Crippen LogP contribution in [0.1, 0.15) is 58.7 Å². The third-order valence-corrected chi connectivity index (χ3v) is 4.44. The van der Waals surface area contributed by atoms with Gasteiger partial charge >= 0.3 is 0 Å². The van der Waals surface area contributed by atoms with Gasteiger partial charge in [-0.05, 0) is 51.0 Å². The second-order valence-corrected chi connectivity index (χ2v) is 6.48. The molecule has 1 aromatic rings. The summed E-state index contributed by atoms with van der Waals surface area (Å²) in [7, 11) is 0. The van der Waals surface area contributed by atoms with Crippen LogP contribution in [0.4, 0.5) is 0 Å². The average molecular weight is 250 g/mol. The molecule has 0 aliphatic heterocycles. The lowest BCUT2D eigenvalue weighted by atomic mass is 9.71. The van der Waals surface area contributed by atoms with Crippen molar-refractivity contribution in [2.75, 3.05) is 0 Å². The van der Waals surface area contributed by atoms with E-state index in [0.29, 0.717) is 18.4 Å². The molecule has 3 heteroatoms. The summed E-state index contributed by atoms with van der Waals surface area (Å²) in [5.41, 5.74) is 0.482. The number of hydrogen-bond donors (Lipinski definition) is 1. The molecule has 0 radical (unpaired) electrons. The summed E-state index contributed by atoms with van der Waals surface area (Å²) in [6.45, 7) is 8.78. The maximum Gasteiger partial charge on any atom is 0.0706 e. The fraction of sp³-hybridized carbons (Fsp3) is 0.800. The van der Waals surface area contributed by atoms with Crippen molar-refractivity contribution in [3.63, 3.8) is 0 Å². The molecule has 1 aliphatic carbocycles. The number of rotatable bonds is 3. The van der Waals surface area contributed by atoms with Gasteiger partial charge in [-0.15, -0.1) is 0 Å². The molecule has 18 heavy (non-hydrogen) atoms. The summed E-state index contributed by atoms with van der Waals surface area (Å²) in [4.78, 5) is 0. The maximum absolute atomic E-state index is 10.7. The average Bonchev–Trinajstić information content (AvgIpc) is 2.72. The van der Waals surface area contributed by atoms with Crippen molar-refractivity contribution >= 4 is 0 Å². The van der Waals surface area contributed by atoms with Gasteiger partial charge in [0.2, 0.25) is 0 Å². The van der Waals surface area contributed by atoms with E-state index in [-0.39, 0.29) is 0 Å². The molecular weight excluding hydrogens is 224 g/mol. The van der Waals surface area contributed by atoms with Crippen molar-refractivity contribution in [1.29, 1.82) is 0 Å². The molecule has 0 bridgehead atoms. The zero-order valence-electron chi connectivity index (χ0n) is 12.1. The Hall–Kier alpha value is -0.830. The standard InChI is InChI=1S/C15H26N2O/c1-11(2)17-8-6-14(16-17)10-15(18)7-5-12(3)13(4)9-15/h6,8,11-13,18H,5,7,9-10H2,1-4H3. The second-order valence-electron chi connectivity index (χ2n) is 6.48. The Kier molecular flexibility index (Phi) is 3.81. The van der Waals surface area contributed by atoms with E-state index >= 15 is 0 Å². The molecule has 1 aliphatic rings. The molecule has 2 rings (SSSR count). The van der Waals surface area contributed by atoms with Crippen molar-refractivity contribution in [2.45, 2.75) is 65.0 Å². The fourth-order valence-corrected chi connectivity index (χ4v) is 2.94. The van der Waals surface area contributed by atoms with E-state index in [2.05, 4.69) is 32.8 Å². The first-order valence-electron chi connectivity index (χ1n) is 7.16. The Morgan fingerprint density at radius 1 is 1.44 bits per heavy atom. The summed E-state index contributed by atoms with van der Waals surface area (Å²) >= 11 is 0. The molecule has 1 N–H and O–H groups in total. The smallest absolute Gasteiger partial charge is 0.0706 e. The van der Waals surface area contributed by atoms with Crippen LogP contribution in [0.15, 0.2) is 12.3 Å². The molecule has 0 spiro atoms. The van der Waals surface area contributed by atoms with Gasteiger partial charge in [-0.25, -0.2) is 0 Å². The molecule has 1 heterocycles. The van der Waals surface area contributed by atoms with E-state index in [4.69, 9.17) is 0 Å². The molecule has 1 saturated carbocycles. The highest BCUT2D eigenvalue weighted by Gasteiger charge is 2.36. The highest BCUT2D eigenvalue weighted by atomic mass is 16.3.